The second kappa shape index (κ2) is 6.78. The van der Waals surface area contributed by atoms with Gasteiger partial charge in [0.25, 0.3) is 0 Å². The van der Waals surface area contributed by atoms with Gasteiger partial charge in [0, 0.05) is 0 Å². The van der Waals surface area contributed by atoms with Crippen LogP contribution in [0.4, 0.5) is 0 Å². The molecule has 3 aliphatic heterocycles. The number of aliphatic hydroxyl groups excluding tert-OH is 1. The van der Waals surface area contributed by atoms with Gasteiger partial charge >= 0.3 is 0 Å². The maximum Gasteiger partial charge on any atom is 0.231 e. The van der Waals surface area contributed by atoms with Gasteiger partial charge in [-0.05, 0) is 42.5 Å². The van der Waals surface area contributed by atoms with Crippen molar-refractivity contribution in [2.24, 2.45) is 0 Å². The summed E-state index contributed by atoms with van der Waals surface area (Å²) in [5.41, 5.74) is 0.697. The van der Waals surface area contributed by atoms with Gasteiger partial charge < -0.3 is 19.3 Å². The summed E-state index contributed by atoms with van der Waals surface area (Å²) in [6.07, 6.45) is 1.13. The van der Waals surface area contributed by atoms with Gasteiger partial charge in [0.1, 0.15) is 17.9 Å². The van der Waals surface area contributed by atoms with E-state index in [9.17, 15) is 10.4 Å². The molecule has 5 rings (SSSR count). The van der Waals surface area contributed by atoms with E-state index in [0.29, 0.717) is 30.1 Å². The Labute approximate surface area is 163 Å². The van der Waals surface area contributed by atoms with E-state index in [1.54, 1.807) is 12.1 Å². The predicted octanol–water partition coefficient (Wildman–Crippen LogP) is 3.29. The van der Waals surface area contributed by atoms with Crippen LogP contribution in [-0.2, 0) is 4.74 Å². The molecule has 3 aliphatic rings. The number of benzene rings is 2. The molecule has 6 heteroatoms. The van der Waals surface area contributed by atoms with Crippen LogP contribution in [0.15, 0.2) is 48.5 Å². The number of nitriles is 1. The molecule has 2 saturated heterocycles. The lowest BCUT2D eigenvalue weighted by atomic mass is 9.78. The number of nitrogens with zero attached hydrogens (tertiary/aromatic N) is 2. The van der Waals surface area contributed by atoms with Crippen molar-refractivity contribution in [1.82, 2.24) is 4.90 Å². The monoisotopic (exact) mass is 378 g/mol. The van der Waals surface area contributed by atoms with Gasteiger partial charge in [-0.25, -0.2) is 4.90 Å². The first-order valence-corrected chi connectivity index (χ1v) is 9.67. The molecule has 4 atom stereocenters. The van der Waals surface area contributed by atoms with Crippen LogP contribution in [0, 0.1) is 11.3 Å². The van der Waals surface area contributed by atoms with E-state index in [4.69, 9.17) is 14.2 Å². The summed E-state index contributed by atoms with van der Waals surface area (Å²) in [6.45, 7) is 0.697. The van der Waals surface area contributed by atoms with Crippen molar-refractivity contribution < 1.29 is 19.3 Å². The lowest BCUT2D eigenvalue weighted by Gasteiger charge is -2.47. The zero-order valence-corrected chi connectivity index (χ0v) is 15.5. The van der Waals surface area contributed by atoms with Crippen LogP contribution in [-0.4, -0.2) is 35.2 Å². The maximum atomic E-state index is 11.4. The molecule has 1 N–H and O–H groups in total. The van der Waals surface area contributed by atoms with E-state index >= 15 is 0 Å². The first-order valence-electron chi connectivity index (χ1n) is 9.67. The number of hydrogen-bond donors (Lipinski definition) is 1. The van der Waals surface area contributed by atoms with Gasteiger partial charge in [-0.3, -0.25) is 0 Å². The first kappa shape index (κ1) is 17.5. The molecule has 0 saturated carbocycles. The smallest absolute Gasteiger partial charge is 0.231 e. The van der Waals surface area contributed by atoms with Crippen LogP contribution in [0.1, 0.15) is 42.5 Å². The fourth-order valence-electron chi connectivity index (χ4n) is 4.74. The third-order valence-corrected chi connectivity index (χ3v) is 6.10. The Morgan fingerprint density at radius 3 is 2.79 bits per heavy atom. The third kappa shape index (κ3) is 2.59. The molecule has 2 fully saturated rings. The number of ether oxygens (including phenoxy) is 3. The Kier molecular flexibility index (Phi) is 4.24. The van der Waals surface area contributed by atoms with E-state index in [2.05, 4.69) is 23.1 Å². The first-order chi connectivity index (χ1) is 13.7. The predicted molar refractivity (Wildman–Crippen MR) is 100 cm³/mol. The molecule has 2 aromatic carbocycles. The van der Waals surface area contributed by atoms with Crippen LogP contribution in [0.5, 0.6) is 11.5 Å². The van der Waals surface area contributed by atoms with Crippen LogP contribution in [0.25, 0.3) is 0 Å². The number of aliphatic hydroxyl groups is 1. The topological polar surface area (TPSA) is 75.0 Å². The molecule has 28 heavy (non-hydrogen) atoms. The Morgan fingerprint density at radius 1 is 1.14 bits per heavy atom. The van der Waals surface area contributed by atoms with Crippen molar-refractivity contribution in [3.63, 3.8) is 0 Å². The van der Waals surface area contributed by atoms with Crippen LogP contribution < -0.4 is 9.47 Å². The molecule has 2 aromatic rings. The zero-order valence-electron chi connectivity index (χ0n) is 15.5. The lowest BCUT2D eigenvalue weighted by molar-refractivity contribution is -0.0996. The summed E-state index contributed by atoms with van der Waals surface area (Å²) < 4.78 is 16.9. The zero-order chi connectivity index (χ0) is 19.1. The maximum absolute atomic E-state index is 11.4. The highest BCUT2D eigenvalue weighted by molar-refractivity contribution is 5.46. The van der Waals surface area contributed by atoms with Gasteiger partial charge in [-0.2, -0.15) is 5.26 Å². The van der Waals surface area contributed by atoms with E-state index < -0.39 is 11.6 Å². The van der Waals surface area contributed by atoms with Crippen molar-refractivity contribution in [3.8, 4) is 17.6 Å². The van der Waals surface area contributed by atoms with Crippen molar-refractivity contribution in [3.05, 3.63) is 59.7 Å². The summed E-state index contributed by atoms with van der Waals surface area (Å²) in [7, 11) is 0. The molecular formula is C22H22N2O4. The molecule has 0 aromatic heterocycles. The largest absolute Gasteiger partial charge is 0.454 e. The molecule has 3 heterocycles. The highest BCUT2D eigenvalue weighted by Gasteiger charge is 2.55. The fourth-order valence-corrected chi connectivity index (χ4v) is 4.74. The Hall–Kier alpha value is -2.59. The van der Waals surface area contributed by atoms with E-state index in [0.717, 1.165) is 18.4 Å². The Bertz CT molecular complexity index is 912. The van der Waals surface area contributed by atoms with Crippen LogP contribution >= 0.6 is 0 Å². The fraction of sp³-hybridized carbons (Fsp3) is 0.409. The van der Waals surface area contributed by atoms with Crippen molar-refractivity contribution in [2.45, 2.75) is 43.2 Å². The average molecular weight is 378 g/mol. The Balaban J connectivity index is 1.55. The number of piperidine rings is 1. The van der Waals surface area contributed by atoms with Gasteiger partial charge in [0.05, 0.1) is 18.7 Å². The highest BCUT2D eigenvalue weighted by Crippen LogP contribution is 2.49. The molecular weight excluding hydrogens is 356 g/mol. The quantitative estimate of drug-likeness (QED) is 0.883. The van der Waals surface area contributed by atoms with Crippen LogP contribution in [0.2, 0.25) is 0 Å². The van der Waals surface area contributed by atoms with Crippen molar-refractivity contribution in [2.75, 3.05) is 13.4 Å². The number of fused-ring (bicyclic) bond motifs is 2. The second-order valence-corrected chi connectivity index (χ2v) is 7.57. The van der Waals surface area contributed by atoms with Gasteiger partial charge in [-0.15, -0.1) is 0 Å². The third-order valence-electron chi connectivity index (χ3n) is 6.10. The standard InChI is InChI=1S/C22H22N2O4/c23-13-22(21(25)16-8-9-18-19(11-16)28-14-27-18)10-4-7-20-24(22)17(12-26-20)15-5-2-1-3-6-15/h1-3,5-6,8-9,11,17,20-21,25H,4,7,10,12,14H2/t17-,20+,21+,22-/m0/s1. The van der Waals surface area contributed by atoms with Gasteiger partial charge in [0.2, 0.25) is 6.79 Å². The molecule has 0 spiro atoms. The minimum atomic E-state index is -1.06. The summed E-state index contributed by atoms with van der Waals surface area (Å²) >= 11 is 0. The lowest BCUT2D eigenvalue weighted by Crippen LogP contribution is -2.57. The second-order valence-electron chi connectivity index (χ2n) is 7.57. The van der Waals surface area contributed by atoms with Crippen LogP contribution in [0.3, 0.4) is 0 Å². The van der Waals surface area contributed by atoms with Gasteiger partial charge in [0.15, 0.2) is 11.5 Å². The van der Waals surface area contributed by atoms with Crippen molar-refractivity contribution in [1.29, 1.82) is 5.26 Å². The molecule has 144 valence electrons. The Morgan fingerprint density at radius 2 is 1.96 bits per heavy atom. The normalized spacial score (nSPS) is 29.9. The molecule has 0 amide bonds. The van der Waals surface area contributed by atoms with E-state index in [-0.39, 0.29) is 19.1 Å². The SMILES string of the molecule is N#C[C@]1([C@H](O)c2ccc3c(c2)OCO3)CCC[C@H]2OC[C@@H](c3ccccc3)N21. The number of rotatable bonds is 3. The highest BCUT2D eigenvalue weighted by atomic mass is 16.7. The van der Waals surface area contributed by atoms with Gasteiger partial charge in [-0.1, -0.05) is 36.4 Å². The summed E-state index contributed by atoms with van der Waals surface area (Å²) in [5, 5.41) is 21.7. The molecule has 0 unspecified atom stereocenters. The summed E-state index contributed by atoms with van der Waals surface area (Å²) in [5.74, 6) is 1.27. The average Bonchev–Trinajstić information content (AvgIpc) is 3.40. The molecule has 0 bridgehead atoms. The van der Waals surface area contributed by atoms with E-state index in [1.165, 1.54) is 0 Å². The number of hydrogen-bond acceptors (Lipinski definition) is 6. The van der Waals surface area contributed by atoms with E-state index in [1.807, 2.05) is 24.3 Å². The summed E-state index contributed by atoms with van der Waals surface area (Å²) in [4.78, 5) is 2.10. The minimum Gasteiger partial charge on any atom is -0.454 e. The molecule has 0 aliphatic carbocycles. The molecule has 0 radical (unpaired) electrons. The van der Waals surface area contributed by atoms with Crippen molar-refractivity contribution >= 4 is 0 Å². The molecule has 6 nitrogen and oxygen atoms in total. The summed E-state index contributed by atoms with van der Waals surface area (Å²) in [6, 6.07) is 17.9. The minimum absolute atomic E-state index is 0.0604.